The molecular formula is C53H73F3N6O2Si2. The third-order valence-corrected chi connectivity index (χ3v) is 24.0. The first kappa shape index (κ1) is 43.3. The molecule has 7 rings (SSSR count). The SMILES string of the molecule is [2H]C([2H])([2H])N1CC/C(=C\F)[C@](C)(C([2H])([2H])Oc2nc(N3C[C@H]4CC[C@@H](C3)N4)c3cnc(-c4cc(O[Si]C(C(C)C)(C(C)C)C(C)C)cc5ccc(F)c(C#C[Si](C(C)C)(C(C)C)C(C)C)c45)c(F)c3n2)C1. The number of piperidine rings is 1. The summed E-state index contributed by atoms with van der Waals surface area (Å²) < 4.78 is 106. The zero-order valence-corrected chi connectivity index (χ0v) is 43.2. The van der Waals surface area contributed by atoms with E-state index in [1.165, 1.54) is 19.2 Å². The van der Waals surface area contributed by atoms with Crippen LogP contribution >= 0.6 is 0 Å². The zero-order chi connectivity index (χ0) is 52.3. The fraction of sp³-hybridized carbons (Fsp3) is 0.604. The smallest absolute Gasteiger partial charge is 0.319 e. The number of hydrogen-bond acceptors (Lipinski definition) is 8. The van der Waals surface area contributed by atoms with Crippen LogP contribution in [0.5, 0.6) is 11.8 Å². The molecule has 356 valence electrons. The van der Waals surface area contributed by atoms with Gasteiger partial charge in [-0.15, -0.1) is 5.54 Å². The van der Waals surface area contributed by atoms with Gasteiger partial charge in [-0.2, -0.15) is 9.97 Å². The molecule has 0 unspecified atom stereocenters. The van der Waals surface area contributed by atoms with Gasteiger partial charge in [0.15, 0.2) is 5.82 Å². The molecule has 4 aromatic rings. The Bertz CT molecular complexity index is 2670. The van der Waals surface area contributed by atoms with Crippen LogP contribution < -0.4 is 19.4 Å². The third-order valence-electron chi connectivity index (χ3n) is 15.3. The van der Waals surface area contributed by atoms with E-state index < -0.39 is 51.2 Å². The van der Waals surface area contributed by atoms with Crippen molar-refractivity contribution in [2.45, 2.75) is 143 Å². The van der Waals surface area contributed by atoms with Crippen molar-refractivity contribution in [3.8, 4) is 34.5 Å². The molecule has 66 heavy (non-hydrogen) atoms. The summed E-state index contributed by atoms with van der Waals surface area (Å²) in [5, 5.41) is 4.62. The van der Waals surface area contributed by atoms with Gasteiger partial charge in [0.1, 0.15) is 43.2 Å². The summed E-state index contributed by atoms with van der Waals surface area (Å²) >= 11 is 0. The summed E-state index contributed by atoms with van der Waals surface area (Å²) in [6, 6.07) is 6.40. The Kier molecular flexibility index (Phi) is 12.8. The maximum atomic E-state index is 18.3. The predicted molar refractivity (Wildman–Crippen MR) is 269 cm³/mol. The summed E-state index contributed by atoms with van der Waals surface area (Å²) in [5.41, 5.74) is 2.71. The van der Waals surface area contributed by atoms with Gasteiger partial charge in [-0.1, -0.05) is 102 Å². The van der Waals surface area contributed by atoms with Crippen LogP contribution in [-0.4, -0.2) is 89.5 Å². The molecule has 13 heteroatoms. The molecule has 0 saturated carbocycles. The Hall–Kier alpha value is -3.97. The van der Waals surface area contributed by atoms with Crippen molar-refractivity contribution in [3.63, 3.8) is 0 Å². The van der Waals surface area contributed by atoms with Gasteiger partial charge >= 0.3 is 15.8 Å². The first-order chi connectivity index (χ1) is 33.1. The molecule has 2 aromatic carbocycles. The van der Waals surface area contributed by atoms with Crippen molar-refractivity contribution < 1.29 is 29.2 Å². The lowest BCUT2D eigenvalue weighted by atomic mass is 9.76. The number of hydrogen-bond donors (Lipinski definition) is 1. The Morgan fingerprint density at radius 2 is 1.64 bits per heavy atom. The summed E-state index contributed by atoms with van der Waals surface area (Å²) in [4.78, 5) is 17.3. The van der Waals surface area contributed by atoms with Crippen molar-refractivity contribution in [3.05, 3.63) is 59.6 Å². The molecule has 0 aliphatic carbocycles. The van der Waals surface area contributed by atoms with Gasteiger partial charge < -0.3 is 24.3 Å². The zero-order valence-electron chi connectivity index (χ0n) is 46.2. The highest BCUT2D eigenvalue weighted by Gasteiger charge is 2.44. The van der Waals surface area contributed by atoms with Crippen molar-refractivity contribution in [2.75, 3.05) is 44.6 Å². The van der Waals surface area contributed by atoms with E-state index in [4.69, 9.17) is 23.2 Å². The number of anilines is 1. The monoisotopic (exact) mass is 944 g/mol. The van der Waals surface area contributed by atoms with Crippen LogP contribution in [0.1, 0.15) is 122 Å². The van der Waals surface area contributed by atoms with E-state index >= 15 is 8.78 Å². The number of aromatic nitrogens is 3. The molecule has 3 aliphatic heterocycles. The molecule has 3 saturated heterocycles. The minimum atomic E-state index is -2.79. The van der Waals surface area contributed by atoms with Gasteiger partial charge in [0.25, 0.3) is 0 Å². The van der Waals surface area contributed by atoms with Crippen LogP contribution in [-0.2, 0) is 0 Å². The average Bonchev–Trinajstić information content (AvgIpc) is 3.62. The summed E-state index contributed by atoms with van der Waals surface area (Å²) in [7, 11) is -2.37. The quantitative estimate of drug-likeness (QED) is 0.0990. The average molecular weight is 944 g/mol. The highest BCUT2D eigenvalue weighted by atomic mass is 28.3. The van der Waals surface area contributed by atoms with Crippen LogP contribution in [0.4, 0.5) is 19.0 Å². The van der Waals surface area contributed by atoms with Gasteiger partial charge in [-0.05, 0) is 89.8 Å². The second kappa shape index (κ2) is 19.6. The number of pyridine rings is 1. The van der Waals surface area contributed by atoms with Crippen molar-refractivity contribution >= 4 is 45.3 Å². The molecule has 5 heterocycles. The normalized spacial score (nSPS) is 23.0. The molecule has 3 fully saturated rings. The lowest BCUT2D eigenvalue weighted by molar-refractivity contribution is 0.109. The number of piperazine rings is 1. The lowest BCUT2D eigenvalue weighted by Crippen LogP contribution is -2.51. The summed E-state index contributed by atoms with van der Waals surface area (Å²) in [5.74, 6) is 3.48. The van der Waals surface area contributed by atoms with E-state index in [1.54, 1.807) is 12.1 Å². The summed E-state index contributed by atoms with van der Waals surface area (Å²) in [6.45, 7) is 23.1. The fourth-order valence-electron chi connectivity index (χ4n) is 11.9. The van der Waals surface area contributed by atoms with Crippen molar-refractivity contribution in [1.82, 2.24) is 25.2 Å². The number of nitrogens with zero attached hydrogens (tertiary/aromatic N) is 5. The number of fused-ring (bicyclic) bond motifs is 4. The first-order valence-electron chi connectivity index (χ1n) is 26.5. The minimum Gasteiger partial charge on any atom is -0.540 e. The number of ether oxygens (including phenoxy) is 1. The number of rotatable bonds is 14. The molecular weight excluding hydrogens is 866 g/mol. The Labute approximate surface area is 403 Å². The first-order valence-corrected chi connectivity index (χ1v) is 27.1. The van der Waals surface area contributed by atoms with E-state index in [0.717, 1.165) is 17.7 Å². The third kappa shape index (κ3) is 9.17. The van der Waals surface area contributed by atoms with E-state index in [0.29, 0.717) is 35.9 Å². The Morgan fingerprint density at radius 1 is 0.985 bits per heavy atom. The summed E-state index contributed by atoms with van der Waals surface area (Å²) in [6.07, 6.45) is 3.62. The minimum absolute atomic E-state index is 0.0105. The number of likely N-dealkylation sites (tertiary alicyclic amines) is 1. The van der Waals surface area contributed by atoms with Crippen molar-refractivity contribution in [1.29, 1.82) is 0 Å². The van der Waals surface area contributed by atoms with Gasteiger partial charge in [0.05, 0.1) is 20.0 Å². The molecule has 1 N–H and O–H groups in total. The van der Waals surface area contributed by atoms with Crippen LogP contribution in [0.3, 0.4) is 0 Å². The van der Waals surface area contributed by atoms with Crippen LogP contribution in [0.25, 0.3) is 32.9 Å². The number of benzene rings is 2. The molecule has 3 atom stereocenters. The van der Waals surface area contributed by atoms with E-state index in [1.807, 2.05) is 11.0 Å². The topological polar surface area (TPSA) is 75.6 Å². The molecule has 2 bridgehead atoms. The Balaban J connectivity index is 1.48. The Morgan fingerprint density at radius 3 is 2.23 bits per heavy atom. The van der Waals surface area contributed by atoms with Gasteiger partial charge in [-0.3, -0.25) is 4.98 Å². The van der Waals surface area contributed by atoms with Gasteiger partial charge in [-0.25, -0.2) is 13.2 Å². The molecule has 3 aliphatic rings. The highest BCUT2D eigenvalue weighted by molar-refractivity contribution is 6.90. The maximum absolute atomic E-state index is 18.3. The number of nitrogens with one attached hydrogen (secondary N) is 1. The van der Waals surface area contributed by atoms with Crippen LogP contribution in [0, 0.1) is 46.3 Å². The highest BCUT2D eigenvalue weighted by Crippen LogP contribution is 2.50. The standard InChI is InChI=1S/C53H73F3N6O2Si2/c1-31(2)53(32(3)4,33(5)6)65-64-41-23-37-15-18-45(55)42(20-22-66(34(7)8,35(9)10)36(11)12)46(37)43(24-41)48-47(56)49-44(26-57-48)50(62-27-39-16-17-40(28-62)58-39)60-51(59-49)63-30-52(13)29-61(14)21-19-38(52)25-54/h15,18,23-26,31-36,39-40,58H,16-17,19,21,27-30H2,1-14H3/b38-25+/t39-,40+,52-/m0/s1/i14D3,30D2. The van der Waals surface area contributed by atoms with E-state index in [9.17, 15) is 7.13 Å². The van der Waals surface area contributed by atoms with Gasteiger partial charge in [0, 0.05) is 70.0 Å². The molecule has 2 radical (unpaired) electrons. The molecule has 2 aromatic heterocycles. The number of halogens is 3. The van der Waals surface area contributed by atoms with Crippen molar-refractivity contribution in [2.24, 2.45) is 23.2 Å². The maximum Gasteiger partial charge on any atom is 0.319 e. The van der Waals surface area contributed by atoms with Crippen LogP contribution in [0.2, 0.25) is 21.7 Å². The van der Waals surface area contributed by atoms with E-state index in [2.05, 4.69) is 105 Å². The fourth-order valence-corrected chi connectivity index (χ4v) is 18.2. The molecule has 0 spiro atoms. The molecule has 0 amide bonds. The van der Waals surface area contributed by atoms with E-state index in [-0.39, 0.29) is 113 Å². The lowest BCUT2D eigenvalue weighted by Gasteiger charge is -2.43. The molecule has 8 nitrogen and oxygen atoms in total. The second-order valence-corrected chi connectivity index (χ2v) is 28.0. The largest absolute Gasteiger partial charge is 0.540 e. The van der Waals surface area contributed by atoms with Gasteiger partial charge in [0.2, 0.25) is 0 Å². The predicted octanol–water partition coefficient (Wildman–Crippen LogP) is 12.3. The van der Waals surface area contributed by atoms with Crippen LogP contribution in [0.15, 0.2) is 42.4 Å². The second-order valence-electron chi connectivity index (χ2n) is 21.1.